The van der Waals surface area contributed by atoms with Crippen molar-refractivity contribution in [2.75, 3.05) is 11.5 Å². The summed E-state index contributed by atoms with van der Waals surface area (Å²) in [4.78, 5) is 8.29. The predicted octanol–water partition coefficient (Wildman–Crippen LogP) is 2.76. The number of nitrogens with two attached hydrogens (primary N) is 1. The highest BCUT2D eigenvalue weighted by Crippen LogP contribution is 2.24. The largest absolute Gasteiger partial charge is 0.383 e. The maximum absolute atomic E-state index is 5.80. The van der Waals surface area contributed by atoms with Crippen LogP contribution in [0.4, 0.5) is 5.82 Å². The lowest BCUT2D eigenvalue weighted by atomic mass is 10.2. The third kappa shape index (κ3) is 3.70. The molecule has 0 bridgehead atoms. The lowest BCUT2D eigenvalue weighted by Crippen LogP contribution is -2.01. The molecule has 0 saturated carbocycles. The monoisotopic (exact) mass is 225 g/mol. The van der Waals surface area contributed by atoms with Gasteiger partial charge in [0, 0.05) is 5.56 Å². The van der Waals surface area contributed by atoms with E-state index in [4.69, 9.17) is 5.73 Å². The average Bonchev–Trinajstić information content (AvgIpc) is 2.17. The van der Waals surface area contributed by atoms with Crippen molar-refractivity contribution in [3.63, 3.8) is 0 Å². The first-order valence-corrected chi connectivity index (χ1v) is 6.35. The van der Waals surface area contributed by atoms with Crippen molar-refractivity contribution < 1.29 is 0 Å². The topological polar surface area (TPSA) is 51.8 Å². The van der Waals surface area contributed by atoms with Crippen LogP contribution in [-0.4, -0.2) is 15.7 Å². The number of nitrogens with zero attached hydrogens (tertiary/aromatic N) is 2. The van der Waals surface area contributed by atoms with Gasteiger partial charge in [-0.25, -0.2) is 9.97 Å². The lowest BCUT2D eigenvalue weighted by molar-refractivity contribution is 0.631. The highest BCUT2D eigenvalue weighted by Gasteiger charge is 2.07. The summed E-state index contributed by atoms with van der Waals surface area (Å²) < 4.78 is 0. The Kier molecular flexibility index (Phi) is 4.88. The summed E-state index contributed by atoms with van der Waals surface area (Å²) in [5, 5.41) is 1.05. The van der Waals surface area contributed by atoms with Gasteiger partial charge < -0.3 is 5.73 Å². The number of hydrogen-bond acceptors (Lipinski definition) is 4. The van der Waals surface area contributed by atoms with Crippen LogP contribution in [0.5, 0.6) is 0 Å². The molecule has 84 valence electrons. The van der Waals surface area contributed by atoms with Gasteiger partial charge >= 0.3 is 0 Å². The molecule has 0 saturated heterocycles. The Morgan fingerprint density at radius 1 is 1.40 bits per heavy atom. The van der Waals surface area contributed by atoms with Gasteiger partial charge in [-0.05, 0) is 24.5 Å². The number of hydrogen-bond donors (Lipinski definition) is 1. The second kappa shape index (κ2) is 5.95. The summed E-state index contributed by atoms with van der Waals surface area (Å²) in [7, 11) is 0. The summed E-state index contributed by atoms with van der Waals surface area (Å²) in [6, 6.07) is 0. The van der Waals surface area contributed by atoms with E-state index in [0.29, 0.717) is 5.82 Å². The fourth-order valence-electron chi connectivity index (χ4n) is 1.26. The van der Waals surface area contributed by atoms with Crippen LogP contribution < -0.4 is 5.73 Å². The first kappa shape index (κ1) is 12.3. The third-order valence-electron chi connectivity index (χ3n) is 2.23. The number of thioether (sulfide) groups is 1. The SMILES string of the molecule is CCc1c(N)ncnc1SCCC(C)C. The second-order valence-electron chi connectivity index (χ2n) is 3.93. The zero-order valence-electron chi connectivity index (χ0n) is 9.66. The van der Waals surface area contributed by atoms with Gasteiger partial charge in [0.2, 0.25) is 0 Å². The Balaban J connectivity index is 2.64. The number of anilines is 1. The van der Waals surface area contributed by atoms with Crippen LogP contribution >= 0.6 is 11.8 Å². The molecule has 2 N–H and O–H groups in total. The van der Waals surface area contributed by atoms with E-state index in [1.165, 1.54) is 6.42 Å². The minimum Gasteiger partial charge on any atom is -0.383 e. The van der Waals surface area contributed by atoms with Crippen LogP contribution in [0.1, 0.15) is 32.8 Å². The van der Waals surface area contributed by atoms with Gasteiger partial charge in [0.15, 0.2) is 0 Å². The van der Waals surface area contributed by atoms with E-state index in [0.717, 1.165) is 28.7 Å². The standard InChI is InChI=1S/C11H19N3S/c1-4-9-10(12)13-7-14-11(9)15-6-5-8(2)3/h7-8H,4-6H2,1-3H3,(H2,12,13,14). The van der Waals surface area contributed by atoms with Crippen molar-refractivity contribution in [3.05, 3.63) is 11.9 Å². The van der Waals surface area contributed by atoms with Crippen molar-refractivity contribution in [3.8, 4) is 0 Å². The minimum atomic E-state index is 0.625. The first-order chi connectivity index (χ1) is 7.15. The van der Waals surface area contributed by atoms with Crippen molar-refractivity contribution >= 4 is 17.6 Å². The number of rotatable bonds is 5. The van der Waals surface area contributed by atoms with Crippen LogP contribution in [0.2, 0.25) is 0 Å². The highest BCUT2D eigenvalue weighted by atomic mass is 32.2. The average molecular weight is 225 g/mol. The molecular formula is C11H19N3S. The van der Waals surface area contributed by atoms with Gasteiger partial charge in [-0.1, -0.05) is 20.8 Å². The third-order valence-corrected chi connectivity index (χ3v) is 3.29. The molecule has 0 amide bonds. The fraction of sp³-hybridized carbons (Fsp3) is 0.636. The molecule has 0 aromatic carbocycles. The van der Waals surface area contributed by atoms with Crippen molar-refractivity contribution in [2.24, 2.45) is 5.92 Å². The van der Waals surface area contributed by atoms with Crippen LogP contribution in [-0.2, 0) is 6.42 Å². The minimum absolute atomic E-state index is 0.625. The zero-order chi connectivity index (χ0) is 11.3. The van der Waals surface area contributed by atoms with Crippen LogP contribution in [0, 0.1) is 5.92 Å². The molecule has 0 aliphatic heterocycles. The zero-order valence-corrected chi connectivity index (χ0v) is 10.5. The summed E-state index contributed by atoms with van der Waals surface area (Å²) in [6.07, 6.45) is 3.65. The van der Waals surface area contributed by atoms with E-state index >= 15 is 0 Å². The van der Waals surface area contributed by atoms with Crippen molar-refractivity contribution in [2.45, 2.75) is 38.6 Å². The maximum atomic E-state index is 5.80. The molecule has 15 heavy (non-hydrogen) atoms. The van der Waals surface area contributed by atoms with E-state index in [1.807, 2.05) is 0 Å². The van der Waals surface area contributed by atoms with Gasteiger partial charge in [-0.3, -0.25) is 0 Å². The first-order valence-electron chi connectivity index (χ1n) is 5.37. The van der Waals surface area contributed by atoms with Gasteiger partial charge in [0.1, 0.15) is 17.2 Å². The van der Waals surface area contributed by atoms with E-state index in [9.17, 15) is 0 Å². The molecule has 3 nitrogen and oxygen atoms in total. The molecule has 0 fully saturated rings. The molecule has 0 aliphatic rings. The van der Waals surface area contributed by atoms with Gasteiger partial charge in [-0.2, -0.15) is 0 Å². The normalized spacial score (nSPS) is 10.9. The second-order valence-corrected chi connectivity index (χ2v) is 5.01. The molecule has 1 aromatic rings. The quantitative estimate of drug-likeness (QED) is 0.618. The Labute approximate surface area is 95.9 Å². The van der Waals surface area contributed by atoms with E-state index < -0.39 is 0 Å². The predicted molar refractivity (Wildman–Crippen MR) is 66.0 cm³/mol. The molecule has 1 heterocycles. The van der Waals surface area contributed by atoms with Gasteiger partial charge in [0.25, 0.3) is 0 Å². The smallest absolute Gasteiger partial charge is 0.131 e. The van der Waals surface area contributed by atoms with Crippen LogP contribution in [0.3, 0.4) is 0 Å². The number of nitrogen functional groups attached to an aromatic ring is 1. The van der Waals surface area contributed by atoms with Crippen LogP contribution in [0.25, 0.3) is 0 Å². The molecular weight excluding hydrogens is 206 g/mol. The van der Waals surface area contributed by atoms with E-state index in [1.54, 1.807) is 18.1 Å². The summed E-state index contributed by atoms with van der Waals surface area (Å²) in [5.74, 6) is 2.46. The van der Waals surface area contributed by atoms with Gasteiger partial charge in [0.05, 0.1) is 0 Å². The molecule has 0 unspecified atom stereocenters. The van der Waals surface area contributed by atoms with Crippen molar-refractivity contribution in [1.82, 2.24) is 9.97 Å². The molecule has 1 rings (SSSR count). The molecule has 0 aliphatic carbocycles. The Morgan fingerprint density at radius 3 is 2.73 bits per heavy atom. The van der Waals surface area contributed by atoms with E-state index in [2.05, 4.69) is 30.7 Å². The van der Waals surface area contributed by atoms with Crippen LogP contribution in [0.15, 0.2) is 11.4 Å². The Bertz CT molecular complexity index is 313. The molecule has 0 radical (unpaired) electrons. The molecule has 1 aromatic heterocycles. The Morgan fingerprint density at radius 2 is 2.13 bits per heavy atom. The molecule has 0 atom stereocenters. The Hall–Kier alpha value is -0.770. The summed E-state index contributed by atoms with van der Waals surface area (Å²) in [6.45, 7) is 6.55. The summed E-state index contributed by atoms with van der Waals surface area (Å²) in [5.41, 5.74) is 6.89. The number of aromatic nitrogens is 2. The lowest BCUT2D eigenvalue weighted by Gasteiger charge is -2.08. The van der Waals surface area contributed by atoms with Crippen molar-refractivity contribution in [1.29, 1.82) is 0 Å². The van der Waals surface area contributed by atoms with E-state index in [-0.39, 0.29) is 0 Å². The fourth-order valence-corrected chi connectivity index (χ4v) is 2.58. The maximum Gasteiger partial charge on any atom is 0.131 e. The summed E-state index contributed by atoms with van der Waals surface area (Å²) >= 11 is 1.78. The molecule has 4 heteroatoms. The van der Waals surface area contributed by atoms with Gasteiger partial charge in [-0.15, -0.1) is 11.8 Å². The highest BCUT2D eigenvalue weighted by molar-refractivity contribution is 7.99. The molecule has 0 spiro atoms.